The third kappa shape index (κ3) is 5.03. The van der Waals surface area contributed by atoms with Crippen LogP contribution in [0.5, 0.6) is 17.2 Å². The number of carbonyl (C=O) groups is 1. The van der Waals surface area contributed by atoms with E-state index in [1.165, 1.54) is 39.5 Å². The van der Waals surface area contributed by atoms with Crippen molar-refractivity contribution in [2.45, 2.75) is 36.6 Å². The molecule has 1 aliphatic rings. The van der Waals surface area contributed by atoms with Crippen molar-refractivity contribution in [3.63, 3.8) is 0 Å². The van der Waals surface area contributed by atoms with Gasteiger partial charge in [0.15, 0.2) is 0 Å². The second kappa shape index (κ2) is 9.36. The van der Waals surface area contributed by atoms with Crippen molar-refractivity contribution >= 4 is 21.6 Å². The van der Waals surface area contributed by atoms with Gasteiger partial charge in [-0.25, -0.2) is 13.1 Å². The summed E-state index contributed by atoms with van der Waals surface area (Å²) in [5.74, 6) is 0.747. The van der Waals surface area contributed by atoms with E-state index >= 15 is 0 Å². The number of sulfonamides is 1. The quantitative estimate of drug-likeness (QED) is 0.661. The SMILES string of the molecule is COc1cc(NC(=O)c2ccc(OC)c(S(=O)(=O)NC3CCCC3)c2)cc(OC)c1. The molecule has 0 aromatic heterocycles. The highest BCUT2D eigenvalue weighted by Gasteiger charge is 2.26. The number of benzene rings is 2. The van der Waals surface area contributed by atoms with Crippen molar-refractivity contribution in [2.75, 3.05) is 26.6 Å². The molecule has 2 aromatic rings. The Bertz CT molecular complexity index is 994. The zero-order valence-corrected chi connectivity index (χ0v) is 18.0. The van der Waals surface area contributed by atoms with Crippen LogP contribution in [0.15, 0.2) is 41.3 Å². The molecule has 0 atom stereocenters. The van der Waals surface area contributed by atoms with Gasteiger partial charge in [0.1, 0.15) is 22.1 Å². The largest absolute Gasteiger partial charge is 0.497 e. The smallest absolute Gasteiger partial charge is 0.255 e. The average Bonchev–Trinajstić information content (AvgIpc) is 3.25. The van der Waals surface area contributed by atoms with E-state index in [2.05, 4.69) is 10.0 Å². The fraction of sp³-hybridized carbons (Fsp3) is 0.381. The average molecular weight is 435 g/mol. The van der Waals surface area contributed by atoms with Crippen LogP contribution < -0.4 is 24.2 Å². The lowest BCUT2D eigenvalue weighted by Crippen LogP contribution is -2.33. The molecule has 9 heteroatoms. The van der Waals surface area contributed by atoms with Gasteiger partial charge in [-0.2, -0.15) is 0 Å². The van der Waals surface area contributed by atoms with Crippen LogP contribution in [0.3, 0.4) is 0 Å². The lowest BCUT2D eigenvalue weighted by atomic mass is 10.2. The zero-order chi connectivity index (χ0) is 21.7. The Morgan fingerprint density at radius 1 is 0.933 bits per heavy atom. The summed E-state index contributed by atoms with van der Waals surface area (Å²) < 4.78 is 44.2. The first kappa shape index (κ1) is 21.9. The first-order valence-electron chi connectivity index (χ1n) is 9.61. The lowest BCUT2D eigenvalue weighted by Gasteiger charge is -2.16. The Morgan fingerprint density at radius 2 is 1.57 bits per heavy atom. The van der Waals surface area contributed by atoms with Crippen LogP contribution in [-0.2, 0) is 10.0 Å². The monoisotopic (exact) mass is 434 g/mol. The number of ether oxygens (including phenoxy) is 3. The molecule has 0 bridgehead atoms. The molecule has 0 saturated heterocycles. The molecule has 30 heavy (non-hydrogen) atoms. The van der Waals surface area contributed by atoms with E-state index in [0.717, 1.165) is 25.7 Å². The Labute approximate surface area is 176 Å². The number of carbonyl (C=O) groups excluding carboxylic acids is 1. The summed E-state index contributed by atoms with van der Waals surface area (Å²) in [6.07, 6.45) is 3.60. The minimum atomic E-state index is -3.83. The molecule has 0 aliphatic heterocycles. The highest BCUT2D eigenvalue weighted by molar-refractivity contribution is 7.89. The molecule has 162 valence electrons. The molecule has 0 heterocycles. The molecule has 2 N–H and O–H groups in total. The van der Waals surface area contributed by atoms with Gasteiger partial charge in [-0.05, 0) is 31.0 Å². The first-order chi connectivity index (χ1) is 14.4. The number of anilines is 1. The Hall–Kier alpha value is -2.78. The van der Waals surface area contributed by atoms with Gasteiger partial charge in [0.25, 0.3) is 5.91 Å². The second-order valence-electron chi connectivity index (χ2n) is 7.02. The van der Waals surface area contributed by atoms with Crippen LogP contribution in [0, 0.1) is 0 Å². The van der Waals surface area contributed by atoms with Crippen molar-refractivity contribution in [1.82, 2.24) is 4.72 Å². The van der Waals surface area contributed by atoms with Gasteiger partial charge in [-0.3, -0.25) is 4.79 Å². The first-order valence-corrected chi connectivity index (χ1v) is 11.1. The van der Waals surface area contributed by atoms with Gasteiger partial charge < -0.3 is 19.5 Å². The maximum atomic E-state index is 12.9. The van der Waals surface area contributed by atoms with Crippen LogP contribution in [-0.4, -0.2) is 41.7 Å². The van der Waals surface area contributed by atoms with Crippen LogP contribution in [0.4, 0.5) is 5.69 Å². The Kier molecular flexibility index (Phi) is 6.84. The summed E-state index contributed by atoms with van der Waals surface area (Å²) in [5, 5.41) is 2.74. The molecule has 0 unspecified atom stereocenters. The zero-order valence-electron chi connectivity index (χ0n) is 17.2. The van der Waals surface area contributed by atoms with Crippen LogP contribution >= 0.6 is 0 Å². The minimum Gasteiger partial charge on any atom is -0.497 e. The van der Waals surface area contributed by atoms with Crippen molar-refractivity contribution < 1.29 is 27.4 Å². The van der Waals surface area contributed by atoms with Crippen molar-refractivity contribution in [2.24, 2.45) is 0 Å². The van der Waals surface area contributed by atoms with Gasteiger partial charge in [0, 0.05) is 35.5 Å². The van der Waals surface area contributed by atoms with E-state index in [4.69, 9.17) is 14.2 Å². The Balaban J connectivity index is 1.87. The topological polar surface area (TPSA) is 103 Å². The van der Waals surface area contributed by atoms with Gasteiger partial charge in [0.05, 0.1) is 21.3 Å². The van der Waals surface area contributed by atoms with Gasteiger partial charge in [0.2, 0.25) is 10.0 Å². The molecule has 3 rings (SSSR count). The predicted molar refractivity (Wildman–Crippen MR) is 113 cm³/mol. The van der Waals surface area contributed by atoms with Crippen molar-refractivity contribution in [3.8, 4) is 17.2 Å². The molecule has 1 saturated carbocycles. The van der Waals surface area contributed by atoms with Gasteiger partial charge in [-0.15, -0.1) is 0 Å². The summed E-state index contributed by atoms with van der Waals surface area (Å²) in [4.78, 5) is 12.7. The summed E-state index contributed by atoms with van der Waals surface area (Å²) in [6, 6.07) is 9.18. The van der Waals surface area contributed by atoms with E-state index in [1.54, 1.807) is 18.2 Å². The summed E-state index contributed by atoms with van der Waals surface area (Å²) in [5.41, 5.74) is 0.643. The minimum absolute atomic E-state index is 0.0622. The van der Waals surface area contributed by atoms with E-state index in [9.17, 15) is 13.2 Å². The molecule has 1 amide bonds. The third-order valence-corrected chi connectivity index (χ3v) is 6.54. The Morgan fingerprint density at radius 3 is 2.13 bits per heavy atom. The third-order valence-electron chi connectivity index (χ3n) is 5.00. The standard InChI is InChI=1S/C21H26N2O6S/c1-27-17-11-16(12-18(13-17)28-2)22-21(24)14-8-9-19(29-3)20(10-14)30(25,26)23-15-6-4-5-7-15/h8-13,15,23H,4-7H2,1-3H3,(H,22,24). The highest BCUT2D eigenvalue weighted by atomic mass is 32.2. The van der Waals surface area contributed by atoms with Crippen LogP contribution in [0.25, 0.3) is 0 Å². The molecular formula is C21H26N2O6S. The number of nitrogens with one attached hydrogen (secondary N) is 2. The number of hydrogen-bond donors (Lipinski definition) is 2. The second-order valence-corrected chi connectivity index (χ2v) is 8.71. The van der Waals surface area contributed by atoms with E-state index in [-0.39, 0.29) is 22.3 Å². The molecule has 2 aromatic carbocycles. The maximum Gasteiger partial charge on any atom is 0.255 e. The summed E-state index contributed by atoms with van der Waals surface area (Å²) in [7, 11) is 0.588. The summed E-state index contributed by atoms with van der Waals surface area (Å²) >= 11 is 0. The number of hydrogen-bond acceptors (Lipinski definition) is 6. The van der Waals surface area contributed by atoms with E-state index in [0.29, 0.717) is 17.2 Å². The van der Waals surface area contributed by atoms with Crippen molar-refractivity contribution in [1.29, 1.82) is 0 Å². The normalized spacial score (nSPS) is 14.4. The molecule has 0 radical (unpaired) electrons. The van der Waals surface area contributed by atoms with Crippen LogP contribution in [0.2, 0.25) is 0 Å². The molecular weight excluding hydrogens is 408 g/mol. The maximum absolute atomic E-state index is 12.9. The number of amides is 1. The van der Waals surface area contributed by atoms with E-state index in [1.807, 2.05) is 0 Å². The van der Waals surface area contributed by atoms with Gasteiger partial charge in [-0.1, -0.05) is 12.8 Å². The van der Waals surface area contributed by atoms with Crippen LogP contribution in [0.1, 0.15) is 36.0 Å². The highest BCUT2D eigenvalue weighted by Crippen LogP contribution is 2.29. The number of methoxy groups -OCH3 is 3. The molecule has 8 nitrogen and oxygen atoms in total. The van der Waals surface area contributed by atoms with Gasteiger partial charge >= 0.3 is 0 Å². The fourth-order valence-electron chi connectivity index (χ4n) is 3.44. The number of rotatable bonds is 8. The fourth-order valence-corrected chi connectivity index (χ4v) is 4.94. The molecule has 1 fully saturated rings. The molecule has 0 spiro atoms. The summed E-state index contributed by atoms with van der Waals surface area (Å²) in [6.45, 7) is 0. The van der Waals surface area contributed by atoms with Crippen molar-refractivity contribution in [3.05, 3.63) is 42.0 Å². The predicted octanol–water partition coefficient (Wildman–Crippen LogP) is 3.19. The molecule has 1 aliphatic carbocycles. The van der Waals surface area contributed by atoms with E-state index < -0.39 is 15.9 Å². The lowest BCUT2D eigenvalue weighted by molar-refractivity contribution is 0.102.